The molecule has 0 amide bonds. The second-order valence-electron chi connectivity index (χ2n) is 3.58. The molecule has 0 aliphatic rings. The lowest BCUT2D eigenvalue weighted by molar-refractivity contribution is -0.138. The summed E-state index contributed by atoms with van der Waals surface area (Å²) < 4.78 is 40.7. The minimum absolute atomic E-state index is 0.0261. The van der Waals surface area contributed by atoms with E-state index < -0.39 is 12.6 Å². The van der Waals surface area contributed by atoms with E-state index in [1.54, 1.807) is 18.3 Å². The minimum Gasteiger partial charge on any atom is -0.377 e. The van der Waals surface area contributed by atoms with Gasteiger partial charge >= 0.3 is 6.18 Å². The molecule has 0 saturated carbocycles. The van der Waals surface area contributed by atoms with Crippen molar-refractivity contribution in [1.29, 1.82) is 0 Å². The summed E-state index contributed by atoms with van der Waals surface area (Å²) in [5.74, 6) is 0. The zero-order chi connectivity index (χ0) is 12.7. The van der Waals surface area contributed by atoms with Crippen LogP contribution in [0.1, 0.15) is 24.1 Å². The van der Waals surface area contributed by atoms with E-state index in [9.17, 15) is 13.2 Å². The van der Waals surface area contributed by atoms with E-state index in [0.717, 1.165) is 5.56 Å². The van der Waals surface area contributed by atoms with Gasteiger partial charge in [0.05, 0.1) is 12.3 Å². The van der Waals surface area contributed by atoms with Crippen LogP contribution in [-0.2, 0) is 17.9 Å². The summed E-state index contributed by atoms with van der Waals surface area (Å²) in [5, 5.41) is 0. The molecule has 6 heteroatoms. The quantitative estimate of drug-likeness (QED) is 0.786. The maximum atomic E-state index is 11.8. The van der Waals surface area contributed by atoms with Crippen molar-refractivity contribution in [1.82, 2.24) is 4.98 Å². The van der Waals surface area contributed by atoms with Gasteiger partial charge in [0.1, 0.15) is 0 Å². The molecule has 2 N–H and O–H groups in total. The van der Waals surface area contributed by atoms with Crippen LogP contribution in [-0.4, -0.2) is 17.8 Å². The van der Waals surface area contributed by atoms with Gasteiger partial charge in [-0.1, -0.05) is 6.07 Å². The molecule has 0 radical (unpaired) electrons. The van der Waals surface area contributed by atoms with Crippen molar-refractivity contribution < 1.29 is 17.9 Å². The van der Waals surface area contributed by atoms with Crippen LogP contribution in [0.4, 0.5) is 13.2 Å². The number of pyridine rings is 1. The molecule has 96 valence electrons. The molecule has 0 bridgehead atoms. The van der Waals surface area contributed by atoms with E-state index in [0.29, 0.717) is 12.2 Å². The lowest BCUT2D eigenvalue weighted by Gasteiger charge is -2.08. The maximum absolute atomic E-state index is 11.8. The van der Waals surface area contributed by atoms with Gasteiger partial charge in [0, 0.05) is 31.3 Å². The normalized spacial score (nSPS) is 11.8. The van der Waals surface area contributed by atoms with Crippen LogP contribution >= 0.6 is 0 Å². The van der Waals surface area contributed by atoms with Gasteiger partial charge in [0.15, 0.2) is 0 Å². The Labute approximate surface area is 97.8 Å². The number of nitrogens with two attached hydrogens (primary N) is 1. The van der Waals surface area contributed by atoms with E-state index in [1.165, 1.54) is 0 Å². The summed E-state index contributed by atoms with van der Waals surface area (Å²) in [7, 11) is 0. The molecule has 0 spiro atoms. The lowest BCUT2D eigenvalue weighted by Crippen LogP contribution is -2.09. The van der Waals surface area contributed by atoms with Crippen molar-refractivity contribution in [2.45, 2.75) is 32.2 Å². The first-order chi connectivity index (χ1) is 8.03. The minimum atomic E-state index is -4.11. The number of aromatic nitrogens is 1. The van der Waals surface area contributed by atoms with Crippen molar-refractivity contribution in [2.24, 2.45) is 5.73 Å². The van der Waals surface area contributed by atoms with E-state index in [4.69, 9.17) is 10.5 Å². The molecule has 1 aromatic heterocycles. The molecule has 0 aliphatic heterocycles. The van der Waals surface area contributed by atoms with Crippen LogP contribution < -0.4 is 5.73 Å². The fourth-order valence-corrected chi connectivity index (χ4v) is 1.34. The van der Waals surface area contributed by atoms with Crippen LogP contribution in [0.15, 0.2) is 18.3 Å². The third kappa shape index (κ3) is 5.65. The molecule has 1 aromatic rings. The Morgan fingerprint density at radius 1 is 1.35 bits per heavy atom. The van der Waals surface area contributed by atoms with E-state index in [-0.39, 0.29) is 19.6 Å². The van der Waals surface area contributed by atoms with Crippen LogP contribution in [0, 0.1) is 0 Å². The Morgan fingerprint density at radius 3 is 2.76 bits per heavy atom. The zero-order valence-corrected chi connectivity index (χ0v) is 9.33. The number of hydrogen-bond acceptors (Lipinski definition) is 3. The Hall–Kier alpha value is -1.14. The molecule has 0 atom stereocenters. The first-order valence-corrected chi connectivity index (χ1v) is 5.30. The fourth-order valence-electron chi connectivity index (χ4n) is 1.34. The summed E-state index contributed by atoms with van der Waals surface area (Å²) in [4.78, 5) is 4.05. The Balaban J connectivity index is 2.27. The molecule has 17 heavy (non-hydrogen) atoms. The number of halogens is 3. The number of ether oxygens (including phenoxy) is 1. The predicted octanol–water partition coefficient (Wildman–Crippen LogP) is 2.40. The van der Waals surface area contributed by atoms with Gasteiger partial charge in [0.2, 0.25) is 0 Å². The van der Waals surface area contributed by atoms with Crippen molar-refractivity contribution in [3.05, 3.63) is 29.6 Å². The first-order valence-electron chi connectivity index (χ1n) is 5.30. The predicted molar refractivity (Wildman–Crippen MR) is 57.1 cm³/mol. The van der Waals surface area contributed by atoms with Gasteiger partial charge in [-0.25, -0.2) is 0 Å². The number of nitrogens with zero attached hydrogens (tertiary/aromatic N) is 1. The highest BCUT2D eigenvalue weighted by atomic mass is 19.4. The van der Waals surface area contributed by atoms with Crippen LogP contribution in [0.2, 0.25) is 0 Å². The largest absolute Gasteiger partial charge is 0.389 e. The molecule has 1 heterocycles. The van der Waals surface area contributed by atoms with Gasteiger partial charge in [-0.05, 0) is 12.5 Å². The highest BCUT2D eigenvalue weighted by molar-refractivity contribution is 5.18. The summed E-state index contributed by atoms with van der Waals surface area (Å²) in [6.45, 7) is 0.624. The van der Waals surface area contributed by atoms with Gasteiger partial charge in [0.25, 0.3) is 0 Å². The Bertz CT molecular complexity index is 342. The first kappa shape index (κ1) is 13.9. The fraction of sp³-hybridized carbons (Fsp3) is 0.545. The van der Waals surface area contributed by atoms with Crippen LogP contribution in [0.3, 0.4) is 0 Å². The topological polar surface area (TPSA) is 48.1 Å². The standard InChI is InChI=1S/C11H15F3N2O/c12-11(13,14)4-2-6-17-8-9-3-1-5-16-10(9)7-15/h1,3,5H,2,4,6-8,15H2. The molecule has 0 aliphatic carbocycles. The lowest BCUT2D eigenvalue weighted by atomic mass is 10.2. The summed E-state index contributed by atoms with van der Waals surface area (Å²) in [5.41, 5.74) is 7.00. The second kappa shape index (κ2) is 6.56. The van der Waals surface area contributed by atoms with Gasteiger partial charge in [-0.2, -0.15) is 13.2 Å². The van der Waals surface area contributed by atoms with Crippen molar-refractivity contribution in [3.8, 4) is 0 Å². The van der Waals surface area contributed by atoms with Crippen LogP contribution in [0.25, 0.3) is 0 Å². The monoisotopic (exact) mass is 248 g/mol. The van der Waals surface area contributed by atoms with Crippen molar-refractivity contribution in [3.63, 3.8) is 0 Å². The Morgan fingerprint density at radius 2 is 2.12 bits per heavy atom. The second-order valence-corrected chi connectivity index (χ2v) is 3.58. The van der Waals surface area contributed by atoms with E-state index in [1.807, 2.05) is 0 Å². The van der Waals surface area contributed by atoms with E-state index >= 15 is 0 Å². The molecule has 0 fully saturated rings. The summed E-state index contributed by atoms with van der Waals surface area (Å²) >= 11 is 0. The molecule has 0 saturated heterocycles. The highest BCUT2D eigenvalue weighted by Gasteiger charge is 2.25. The number of hydrogen-bond donors (Lipinski definition) is 1. The maximum Gasteiger partial charge on any atom is 0.389 e. The smallest absolute Gasteiger partial charge is 0.377 e. The highest BCUT2D eigenvalue weighted by Crippen LogP contribution is 2.21. The average molecular weight is 248 g/mol. The molecule has 1 rings (SSSR count). The Kier molecular flexibility index (Phi) is 5.37. The van der Waals surface area contributed by atoms with Crippen LogP contribution in [0.5, 0.6) is 0 Å². The third-order valence-electron chi connectivity index (χ3n) is 2.18. The molecule has 0 unspecified atom stereocenters. The van der Waals surface area contributed by atoms with Gasteiger partial charge in [-0.3, -0.25) is 4.98 Å². The van der Waals surface area contributed by atoms with E-state index in [2.05, 4.69) is 4.98 Å². The molecular formula is C11H15F3N2O. The summed E-state index contributed by atoms with van der Waals surface area (Å²) in [6.07, 6.45) is -3.33. The van der Waals surface area contributed by atoms with Gasteiger partial charge in [-0.15, -0.1) is 0 Å². The zero-order valence-electron chi connectivity index (χ0n) is 9.33. The molecule has 0 aromatic carbocycles. The third-order valence-corrected chi connectivity index (χ3v) is 2.18. The van der Waals surface area contributed by atoms with Crippen molar-refractivity contribution >= 4 is 0 Å². The molecular weight excluding hydrogens is 233 g/mol. The van der Waals surface area contributed by atoms with Gasteiger partial charge < -0.3 is 10.5 Å². The SMILES string of the molecule is NCc1ncccc1COCCCC(F)(F)F. The molecule has 3 nitrogen and oxygen atoms in total. The number of rotatable bonds is 6. The summed E-state index contributed by atoms with van der Waals surface area (Å²) in [6, 6.07) is 3.55. The van der Waals surface area contributed by atoms with Crippen molar-refractivity contribution in [2.75, 3.05) is 6.61 Å². The average Bonchev–Trinajstić information content (AvgIpc) is 2.27. The number of alkyl halides is 3.